The van der Waals surface area contributed by atoms with Gasteiger partial charge in [-0.2, -0.15) is 0 Å². The fraction of sp³-hybridized carbons (Fsp3) is 0.500. The zero-order valence-electron chi connectivity index (χ0n) is 10.3. The summed E-state index contributed by atoms with van der Waals surface area (Å²) in [5.74, 6) is 1.26. The highest BCUT2D eigenvalue weighted by Gasteiger charge is 2.30. The first-order valence-electron chi connectivity index (χ1n) is 5.78. The predicted molar refractivity (Wildman–Crippen MR) is 63.4 cm³/mol. The Hall–Kier alpha value is -1.82. The largest absolute Gasteiger partial charge is 0.454 e. The summed E-state index contributed by atoms with van der Waals surface area (Å²) in [5.41, 5.74) is 0.727. The second-order valence-corrected chi connectivity index (χ2v) is 4.01. The van der Waals surface area contributed by atoms with E-state index in [0.717, 1.165) is 5.56 Å². The molecule has 0 aromatic heterocycles. The number of benzene rings is 1. The molecule has 1 heterocycles. The minimum Gasteiger partial charge on any atom is -0.454 e. The Morgan fingerprint density at radius 3 is 2.83 bits per heavy atom. The Bertz CT molecular complexity index is 448. The van der Waals surface area contributed by atoms with Crippen LogP contribution in [0.15, 0.2) is 18.2 Å². The maximum absolute atomic E-state index is 10.9. The normalized spacial score (nSPS) is 16.3. The number of rotatable bonds is 5. The molecular weight excluding hydrogens is 238 g/mol. The summed E-state index contributed by atoms with van der Waals surface area (Å²) in [6.07, 6.45) is -0.584. The highest BCUT2D eigenvalue weighted by Crippen LogP contribution is 2.36. The number of nitrogens with zero attached hydrogens (tertiary/aromatic N) is 1. The lowest BCUT2D eigenvalue weighted by Gasteiger charge is -2.18. The molecule has 1 aliphatic heterocycles. The Morgan fingerprint density at radius 2 is 2.17 bits per heavy atom. The first-order valence-corrected chi connectivity index (χ1v) is 5.78. The molecule has 1 aromatic rings. The summed E-state index contributed by atoms with van der Waals surface area (Å²) in [5, 5.41) is 10.9. The van der Waals surface area contributed by atoms with Crippen LogP contribution in [0.1, 0.15) is 25.5 Å². The zero-order valence-corrected chi connectivity index (χ0v) is 10.3. The lowest BCUT2D eigenvalue weighted by Crippen LogP contribution is -2.26. The SMILES string of the molecule is CCOC(c1ccc2c(c1)OCO2)C(C)[N+](=O)[O-]. The van der Waals surface area contributed by atoms with Crippen molar-refractivity contribution in [2.75, 3.05) is 13.4 Å². The maximum Gasteiger partial charge on any atom is 0.240 e. The van der Waals surface area contributed by atoms with Gasteiger partial charge in [0.05, 0.1) is 0 Å². The van der Waals surface area contributed by atoms with Crippen molar-refractivity contribution >= 4 is 0 Å². The monoisotopic (exact) mass is 253 g/mol. The van der Waals surface area contributed by atoms with Gasteiger partial charge in [0.2, 0.25) is 12.8 Å². The number of hydrogen-bond donors (Lipinski definition) is 0. The van der Waals surface area contributed by atoms with Gasteiger partial charge in [-0.1, -0.05) is 6.07 Å². The molecule has 6 heteroatoms. The van der Waals surface area contributed by atoms with Gasteiger partial charge in [-0.3, -0.25) is 10.1 Å². The maximum atomic E-state index is 10.9. The molecule has 18 heavy (non-hydrogen) atoms. The van der Waals surface area contributed by atoms with Crippen molar-refractivity contribution in [1.29, 1.82) is 0 Å². The molecule has 0 bridgehead atoms. The first kappa shape index (κ1) is 12.6. The van der Waals surface area contributed by atoms with E-state index >= 15 is 0 Å². The van der Waals surface area contributed by atoms with Gasteiger partial charge in [-0.15, -0.1) is 0 Å². The van der Waals surface area contributed by atoms with Crippen molar-refractivity contribution in [3.63, 3.8) is 0 Å². The Kier molecular flexibility index (Phi) is 3.66. The fourth-order valence-corrected chi connectivity index (χ4v) is 1.89. The third kappa shape index (κ3) is 2.38. The molecule has 0 aliphatic carbocycles. The van der Waals surface area contributed by atoms with Crippen molar-refractivity contribution in [2.24, 2.45) is 0 Å². The summed E-state index contributed by atoms with van der Waals surface area (Å²) >= 11 is 0. The first-order chi connectivity index (χ1) is 8.63. The topological polar surface area (TPSA) is 70.8 Å². The minimum atomic E-state index is -0.815. The predicted octanol–water partition coefficient (Wildman–Crippen LogP) is 2.16. The van der Waals surface area contributed by atoms with Crippen LogP contribution in [0.2, 0.25) is 0 Å². The fourth-order valence-electron chi connectivity index (χ4n) is 1.89. The van der Waals surface area contributed by atoms with Gasteiger partial charge in [-0.25, -0.2) is 0 Å². The summed E-state index contributed by atoms with van der Waals surface area (Å²) in [6, 6.07) is 4.44. The van der Waals surface area contributed by atoms with Crippen molar-refractivity contribution < 1.29 is 19.1 Å². The van der Waals surface area contributed by atoms with Crippen LogP contribution >= 0.6 is 0 Å². The van der Waals surface area contributed by atoms with E-state index in [0.29, 0.717) is 18.1 Å². The molecule has 0 radical (unpaired) electrons. The number of ether oxygens (including phenoxy) is 3. The standard InChI is InChI=1S/C12H15NO5/c1-3-16-12(8(2)13(14)15)9-4-5-10-11(6-9)18-7-17-10/h4-6,8,12H,3,7H2,1-2H3. The van der Waals surface area contributed by atoms with E-state index in [1.165, 1.54) is 6.92 Å². The van der Waals surface area contributed by atoms with E-state index in [2.05, 4.69) is 0 Å². The Labute approximate surface area is 105 Å². The molecule has 0 N–H and O–H groups in total. The molecule has 1 aromatic carbocycles. The van der Waals surface area contributed by atoms with E-state index in [4.69, 9.17) is 14.2 Å². The van der Waals surface area contributed by atoms with Crippen LogP contribution in [-0.2, 0) is 4.74 Å². The summed E-state index contributed by atoms with van der Waals surface area (Å²) in [6.45, 7) is 3.94. The Morgan fingerprint density at radius 1 is 1.44 bits per heavy atom. The average molecular weight is 253 g/mol. The van der Waals surface area contributed by atoms with Gasteiger partial charge in [0.15, 0.2) is 11.5 Å². The summed E-state index contributed by atoms with van der Waals surface area (Å²) < 4.78 is 15.9. The lowest BCUT2D eigenvalue weighted by atomic mass is 10.0. The van der Waals surface area contributed by atoms with E-state index in [9.17, 15) is 10.1 Å². The van der Waals surface area contributed by atoms with Crippen LogP contribution in [0.25, 0.3) is 0 Å². The van der Waals surface area contributed by atoms with Gasteiger partial charge in [0, 0.05) is 18.5 Å². The average Bonchev–Trinajstić information content (AvgIpc) is 2.82. The molecule has 0 spiro atoms. The lowest BCUT2D eigenvalue weighted by molar-refractivity contribution is -0.532. The summed E-state index contributed by atoms with van der Waals surface area (Å²) in [4.78, 5) is 10.5. The van der Waals surface area contributed by atoms with E-state index in [-0.39, 0.29) is 11.7 Å². The smallest absolute Gasteiger partial charge is 0.240 e. The van der Waals surface area contributed by atoms with Crippen LogP contribution in [0.3, 0.4) is 0 Å². The molecule has 0 amide bonds. The molecular formula is C12H15NO5. The van der Waals surface area contributed by atoms with Crippen molar-refractivity contribution in [2.45, 2.75) is 26.0 Å². The van der Waals surface area contributed by atoms with Crippen molar-refractivity contribution in [3.05, 3.63) is 33.9 Å². The van der Waals surface area contributed by atoms with Crippen LogP contribution in [0.4, 0.5) is 0 Å². The number of nitro groups is 1. The second-order valence-electron chi connectivity index (χ2n) is 4.01. The van der Waals surface area contributed by atoms with Gasteiger partial charge in [0.25, 0.3) is 0 Å². The highest BCUT2D eigenvalue weighted by atomic mass is 16.7. The third-order valence-corrected chi connectivity index (χ3v) is 2.84. The molecule has 2 unspecified atom stereocenters. The van der Waals surface area contributed by atoms with Crippen LogP contribution in [0, 0.1) is 10.1 Å². The molecule has 98 valence electrons. The van der Waals surface area contributed by atoms with Gasteiger partial charge in [0.1, 0.15) is 6.10 Å². The summed E-state index contributed by atoms with van der Waals surface area (Å²) in [7, 11) is 0. The molecule has 0 saturated carbocycles. The van der Waals surface area contributed by atoms with Crippen molar-refractivity contribution in [1.82, 2.24) is 0 Å². The van der Waals surface area contributed by atoms with Gasteiger partial charge >= 0.3 is 0 Å². The van der Waals surface area contributed by atoms with Crippen LogP contribution in [-0.4, -0.2) is 24.4 Å². The zero-order chi connectivity index (χ0) is 13.1. The van der Waals surface area contributed by atoms with Crippen LogP contribution in [0.5, 0.6) is 11.5 Å². The molecule has 1 aliphatic rings. The van der Waals surface area contributed by atoms with E-state index in [1.54, 1.807) is 18.2 Å². The molecule has 0 fully saturated rings. The quantitative estimate of drug-likeness (QED) is 0.594. The molecule has 0 saturated heterocycles. The van der Waals surface area contributed by atoms with Crippen LogP contribution < -0.4 is 9.47 Å². The highest BCUT2D eigenvalue weighted by molar-refractivity contribution is 5.45. The molecule has 2 rings (SSSR count). The molecule has 2 atom stereocenters. The van der Waals surface area contributed by atoms with Crippen molar-refractivity contribution in [3.8, 4) is 11.5 Å². The molecule has 6 nitrogen and oxygen atoms in total. The number of fused-ring (bicyclic) bond motifs is 1. The third-order valence-electron chi connectivity index (χ3n) is 2.84. The Balaban J connectivity index is 2.27. The second kappa shape index (κ2) is 5.22. The van der Waals surface area contributed by atoms with E-state index < -0.39 is 12.1 Å². The minimum absolute atomic E-state index is 0.183. The van der Waals surface area contributed by atoms with E-state index in [1.807, 2.05) is 6.92 Å². The van der Waals surface area contributed by atoms with Gasteiger partial charge in [-0.05, 0) is 24.6 Å². The van der Waals surface area contributed by atoms with Gasteiger partial charge < -0.3 is 14.2 Å². The number of hydrogen-bond acceptors (Lipinski definition) is 5.